The predicted molar refractivity (Wildman–Crippen MR) is 112 cm³/mol. The quantitative estimate of drug-likeness (QED) is 0.529. The third-order valence-corrected chi connectivity index (χ3v) is 9.75. The molecule has 0 bridgehead atoms. The summed E-state index contributed by atoms with van der Waals surface area (Å²) in [5, 5.41) is 18.9. The number of hydrogen-bond acceptors (Lipinski definition) is 5. The number of benzene rings is 2. The smallest absolute Gasteiger partial charge is 0.338 e. The van der Waals surface area contributed by atoms with Crippen molar-refractivity contribution in [3.63, 3.8) is 0 Å². The van der Waals surface area contributed by atoms with E-state index in [1.807, 2.05) is 25.1 Å². The number of aromatic hydroxyl groups is 1. The van der Waals surface area contributed by atoms with Crippen molar-refractivity contribution >= 4 is 14.3 Å². The van der Waals surface area contributed by atoms with E-state index in [1.54, 1.807) is 0 Å². The average molecular weight is 403 g/mol. The van der Waals surface area contributed by atoms with Gasteiger partial charge in [-0.3, -0.25) is 0 Å². The van der Waals surface area contributed by atoms with Crippen LogP contribution in [0.15, 0.2) is 36.4 Å². The second-order valence-electron chi connectivity index (χ2n) is 8.48. The zero-order valence-corrected chi connectivity index (χ0v) is 18.5. The molecule has 6 heteroatoms. The van der Waals surface area contributed by atoms with Crippen LogP contribution in [0.2, 0.25) is 18.1 Å². The minimum Gasteiger partial charge on any atom is -0.543 e. The minimum atomic E-state index is -1.97. The van der Waals surface area contributed by atoms with Crippen LogP contribution in [-0.2, 0) is 18.0 Å². The van der Waals surface area contributed by atoms with Crippen LogP contribution in [0.1, 0.15) is 47.8 Å². The number of aliphatic hydroxyl groups excluding tert-OH is 1. The molecule has 0 fully saturated rings. The van der Waals surface area contributed by atoms with Crippen molar-refractivity contribution in [1.82, 2.24) is 0 Å². The van der Waals surface area contributed by atoms with Crippen LogP contribution >= 0.6 is 0 Å². The van der Waals surface area contributed by atoms with Gasteiger partial charge in [-0.1, -0.05) is 32.9 Å². The van der Waals surface area contributed by atoms with Gasteiger partial charge in [0, 0.05) is 5.56 Å². The first-order valence-electron chi connectivity index (χ1n) is 9.33. The average Bonchev–Trinajstić information content (AvgIpc) is 2.61. The summed E-state index contributed by atoms with van der Waals surface area (Å²) < 4.78 is 11.9. The van der Waals surface area contributed by atoms with Gasteiger partial charge in [0.05, 0.1) is 12.2 Å². The highest BCUT2D eigenvalue weighted by atomic mass is 28.4. The topological polar surface area (TPSA) is 76.0 Å². The zero-order valence-electron chi connectivity index (χ0n) is 17.5. The summed E-state index contributed by atoms with van der Waals surface area (Å²) in [4.78, 5) is 12.3. The first kappa shape index (κ1) is 22.0. The van der Waals surface area contributed by atoms with E-state index in [9.17, 15) is 15.0 Å². The molecule has 0 radical (unpaired) electrons. The lowest BCUT2D eigenvalue weighted by Gasteiger charge is -2.37. The van der Waals surface area contributed by atoms with Gasteiger partial charge in [-0.05, 0) is 60.4 Å². The molecule has 0 amide bonds. The Kier molecular flexibility index (Phi) is 6.57. The maximum atomic E-state index is 12.3. The highest BCUT2D eigenvalue weighted by Gasteiger charge is 2.39. The lowest BCUT2D eigenvalue weighted by Crippen LogP contribution is -2.44. The summed E-state index contributed by atoms with van der Waals surface area (Å²) in [6.45, 7) is 12.7. The maximum Gasteiger partial charge on any atom is 0.338 e. The Bertz CT molecular complexity index is 852. The number of rotatable bonds is 6. The van der Waals surface area contributed by atoms with Crippen molar-refractivity contribution in [3.05, 3.63) is 58.7 Å². The molecule has 0 aliphatic carbocycles. The molecule has 5 nitrogen and oxygen atoms in total. The van der Waals surface area contributed by atoms with E-state index in [1.165, 1.54) is 18.2 Å². The summed E-state index contributed by atoms with van der Waals surface area (Å²) >= 11 is 0. The molecule has 0 aromatic heterocycles. The molecule has 0 saturated heterocycles. The third-order valence-electron chi connectivity index (χ3n) is 5.41. The number of esters is 1. The van der Waals surface area contributed by atoms with Crippen molar-refractivity contribution in [2.75, 3.05) is 0 Å². The standard InChI is InChI=1S/C22H30O5Si/c1-15-17(8-7-9-20(15)27-28(5,6)22(2,3)4)14-26-21(25)16-10-11-19(24)18(12-16)13-23/h7-12,23-24H,13-14H2,1-6H3. The highest BCUT2D eigenvalue weighted by molar-refractivity contribution is 6.74. The maximum absolute atomic E-state index is 12.3. The van der Waals surface area contributed by atoms with E-state index in [0.717, 1.165) is 16.9 Å². The summed E-state index contributed by atoms with van der Waals surface area (Å²) in [5.74, 6) is 0.266. The molecule has 0 heterocycles. The summed E-state index contributed by atoms with van der Waals surface area (Å²) in [7, 11) is -1.97. The lowest BCUT2D eigenvalue weighted by molar-refractivity contribution is 0.0471. The van der Waals surface area contributed by atoms with Crippen molar-refractivity contribution in [2.45, 2.75) is 59.0 Å². The third kappa shape index (κ3) is 4.94. The molecule has 0 atom stereocenters. The monoisotopic (exact) mass is 402 g/mol. The number of carbonyl (C=O) groups is 1. The molecule has 0 aliphatic heterocycles. The van der Waals surface area contributed by atoms with Crippen LogP contribution in [0.4, 0.5) is 0 Å². The molecule has 2 N–H and O–H groups in total. The normalized spacial score (nSPS) is 12.0. The second kappa shape index (κ2) is 8.37. The van der Waals surface area contributed by atoms with Gasteiger partial charge in [-0.2, -0.15) is 0 Å². The van der Waals surface area contributed by atoms with Gasteiger partial charge in [-0.15, -0.1) is 0 Å². The molecular weight excluding hydrogens is 372 g/mol. The Morgan fingerprint density at radius 1 is 1.11 bits per heavy atom. The summed E-state index contributed by atoms with van der Waals surface area (Å²) in [6, 6.07) is 10.1. The van der Waals surface area contributed by atoms with Crippen LogP contribution < -0.4 is 4.43 Å². The molecule has 0 aliphatic rings. The van der Waals surface area contributed by atoms with Crippen LogP contribution in [0.5, 0.6) is 11.5 Å². The fourth-order valence-corrected chi connectivity index (χ4v) is 3.50. The van der Waals surface area contributed by atoms with Crippen molar-refractivity contribution in [2.24, 2.45) is 0 Å². The van der Waals surface area contributed by atoms with Crippen molar-refractivity contribution < 1.29 is 24.2 Å². The number of aliphatic hydroxyl groups is 1. The minimum absolute atomic E-state index is 0.0506. The molecule has 2 aromatic rings. The highest BCUT2D eigenvalue weighted by Crippen LogP contribution is 2.38. The molecule has 0 unspecified atom stereocenters. The van der Waals surface area contributed by atoms with E-state index < -0.39 is 14.3 Å². The fourth-order valence-electron chi connectivity index (χ4n) is 2.42. The SMILES string of the molecule is Cc1c(COC(=O)c2ccc(O)c(CO)c2)cccc1O[Si](C)(C)C(C)(C)C. The Morgan fingerprint density at radius 2 is 1.79 bits per heavy atom. The van der Waals surface area contributed by atoms with Crippen LogP contribution in [0.25, 0.3) is 0 Å². The summed E-state index contributed by atoms with van der Waals surface area (Å²) in [5.41, 5.74) is 2.41. The number of hydrogen-bond donors (Lipinski definition) is 2. The van der Waals surface area contributed by atoms with Crippen LogP contribution in [0.3, 0.4) is 0 Å². The van der Waals surface area contributed by atoms with Gasteiger partial charge >= 0.3 is 5.97 Å². The Balaban J connectivity index is 2.14. The largest absolute Gasteiger partial charge is 0.543 e. The van der Waals surface area contributed by atoms with E-state index in [-0.39, 0.29) is 35.1 Å². The molecule has 152 valence electrons. The Hall–Kier alpha value is -2.31. The lowest BCUT2D eigenvalue weighted by atomic mass is 10.1. The van der Waals surface area contributed by atoms with Gasteiger partial charge < -0.3 is 19.4 Å². The number of phenols is 1. The van der Waals surface area contributed by atoms with E-state index in [2.05, 4.69) is 33.9 Å². The second-order valence-corrected chi connectivity index (χ2v) is 13.2. The fraction of sp³-hybridized carbons (Fsp3) is 0.409. The van der Waals surface area contributed by atoms with E-state index in [4.69, 9.17) is 9.16 Å². The molecule has 2 rings (SSSR count). The Labute approximate surface area is 168 Å². The van der Waals surface area contributed by atoms with Crippen LogP contribution in [0, 0.1) is 6.92 Å². The molecule has 0 saturated carbocycles. The number of ether oxygens (including phenoxy) is 1. The predicted octanol–water partition coefficient (Wildman–Crippen LogP) is 4.93. The van der Waals surface area contributed by atoms with Gasteiger partial charge in [0.25, 0.3) is 0 Å². The number of carbonyl (C=O) groups excluding carboxylic acids is 1. The van der Waals surface area contributed by atoms with Gasteiger partial charge in [0.2, 0.25) is 8.32 Å². The summed E-state index contributed by atoms with van der Waals surface area (Å²) in [6.07, 6.45) is 0. The van der Waals surface area contributed by atoms with E-state index >= 15 is 0 Å². The molecule has 2 aromatic carbocycles. The van der Waals surface area contributed by atoms with Crippen LogP contribution in [-0.4, -0.2) is 24.5 Å². The molecule has 28 heavy (non-hydrogen) atoms. The van der Waals surface area contributed by atoms with E-state index in [0.29, 0.717) is 0 Å². The first-order valence-corrected chi connectivity index (χ1v) is 12.2. The molecular formula is C22H30O5Si. The van der Waals surface area contributed by atoms with Gasteiger partial charge in [-0.25, -0.2) is 4.79 Å². The van der Waals surface area contributed by atoms with Crippen molar-refractivity contribution in [1.29, 1.82) is 0 Å². The van der Waals surface area contributed by atoms with Crippen molar-refractivity contribution in [3.8, 4) is 11.5 Å². The first-order chi connectivity index (χ1) is 13.0. The van der Waals surface area contributed by atoms with Gasteiger partial charge in [0.1, 0.15) is 18.1 Å². The zero-order chi connectivity index (χ0) is 21.1. The molecule has 0 spiro atoms. The Morgan fingerprint density at radius 3 is 2.39 bits per heavy atom. The van der Waals surface area contributed by atoms with Gasteiger partial charge in [0.15, 0.2) is 0 Å².